The third kappa shape index (κ3) is 3.30. The summed E-state index contributed by atoms with van der Waals surface area (Å²) in [6, 6.07) is 4.07. The SMILES string of the molecule is CC(C)(C)c1cc(CO)cc(N2CCCCC2CO)n1. The fraction of sp³-hybridized carbons (Fsp3) is 0.688. The van der Waals surface area contributed by atoms with Gasteiger partial charge >= 0.3 is 0 Å². The highest BCUT2D eigenvalue weighted by atomic mass is 16.3. The zero-order chi connectivity index (χ0) is 14.8. The summed E-state index contributed by atoms with van der Waals surface area (Å²) < 4.78 is 0. The van der Waals surface area contributed by atoms with Crippen molar-refractivity contribution in [1.29, 1.82) is 0 Å². The van der Waals surface area contributed by atoms with Crippen molar-refractivity contribution in [1.82, 2.24) is 4.98 Å². The Bertz CT molecular complexity index is 454. The number of aliphatic hydroxyl groups excluding tert-OH is 2. The third-order valence-corrected chi connectivity index (χ3v) is 3.95. The Labute approximate surface area is 121 Å². The summed E-state index contributed by atoms with van der Waals surface area (Å²) in [5.74, 6) is 0.889. The van der Waals surface area contributed by atoms with Crippen LogP contribution in [-0.4, -0.2) is 34.4 Å². The minimum absolute atomic E-state index is 0.0240. The van der Waals surface area contributed by atoms with Gasteiger partial charge < -0.3 is 15.1 Å². The smallest absolute Gasteiger partial charge is 0.129 e. The van der Waals surface area contributed by atoms with Crippen LogP contribution in [-0.2, 0) is 12.0 Å². The molecular formula is C16H26N2O2. The molecule has 0 bridgehead atoms. The van der Waals surface area contributed by atoms with Gasteiger partial charge in [-0.25, -0.2) is 4.98 Å². The topological polar surface area (TPSA) is 56.6 Å². The number of pyridine rings is 1. The molecule has 2 heterocycles. The number of rotatable bonds is 3. The highest BCUT2D eigenvalue weighted by molar-refractivity contribution is 5.45. The van der Waals surface area contributed by atoms with Crippen LogP contribution in [0.3, 0.4) is 0 Å². The predicted octanol–water partition coefficient (Wildman–Crippen LogP) is 2.22. The number of aromatic nitrogens is 1. The molecule has 0 spiro atoms. The number of aliphatic hydroxyl groups is 2. The van der Waals surface area contributed by atoms with E-state index in [4.69, 9.17) is 4.98 Å². The first-order chi connectivity index (χ1) is 9.45. The molecule has 20 heavy (non-hydrogen) atoms. The number of nitrogens with zero attached hydrogens (tertiary/aromatic N) is 2. The molecule has 1 saturated heterocycles. The molecule has 2 N–H and O–H groups in total. The first-order valence-electron chi connectivity index (χ1n) is 7.45. The second-order valence-electron chi connectivity index (χ2n) is 6.65. The van der Waals surface area contributed by atoms with Crippen molar-refractivity contribution in [2.24, 2.45) is 0 Å². The van der Waals surface area contributed by atoms with E-state index in [2.05, 4.69) is 25.7 Å². The maximum absolute atomic E-state index is 9.56. The molecule has 0 aliphatic carbocycles. The van der Waals surface area contributed by atoms with Crippen molar-refractivity contribution in [3.63, 3.8) is 0 Å². The molecule has 1 fully saturated rings. The molecule has 4 heteroatoms. The molecule has 1 aliphatic heterocycles. The van der Waals surface area contributed by atoms with Crippen LogP contribution in [0.25, 0.3) is 0 Å². The first-order valence-corrected chi connectivity index (χ1v) is 7.45. The minimum atomic E-state index is -0.0512. The Morgan fingerprint density at radius 2 is 2.00 bits per heavy atom. The molecule has 112 valence electrons. The largest absolute Gasteiger partial charge is 0.394 e. The summed E-state index contributed by atoms with van der Waals surface area (Å²) in [7, 11) is 0. The lowest BCUT2D eigenvalue weighted by Gasteiger charge is -2.36. The van der Waals surface area contributed by atoms with E-state index in [1.54, 1.807) is 0 Å². The Balaban J connectivity index is 2.39. The average Bonchev–Trinajstić information content (AvgIpc) is 2.45. The van der Waals surface area contributed by atoms with E-state index in [0.29, 0.717) is 0 Å². The third-order valence-electron chi connectivity index (χ3n) is 3.95. The minimum Gasteiger partial charge on any atom is -0.394 e. The Kier molecular flexibility index (Phi) is 4.66. The number of anilines is 1. The number of hydrogen-bond acceptors (Lipinski definition) is 4. The van der Waals surface area contributed by atoms with Crippen molar-refractivity contribution >= 4 is 5.82 Å². The second-order valence-corrected chi connectivity index (χ2v) is 6.65. The van der Waals surface area contributed by atoms with Crippen LogP contribution in [0.4, 0.5) is 5.82 Å². The van der Waals surface area contributed by atoms with Crippen LogP contribution >= 0.6 is 0 Å². The van der Waals surface area contributed by atoms with E-state index < -0.39 is 0 Å². The van der Waals surface area contributed by atoms with Gasteiger partial charge in [0.2, 0.25) is 0 Å². The van der Waals surface area contributed by atoms with Crippen molar-refractivity contribution in [2.75, 3.05) is 18.1 Å². The van der Waals surface area contributed by atoms with Crippen LogP contribution in [0.5, 0.6) is 0 Å². The van der Waals surface area contributed by atoms with Crippen molar-refractivity contribution < 1.29 is 10.2 Å². The van der Waals surface area contributed by atoms with Gasteiger partial charge in [0.15, 0.2) is 0 Å². The molecule has 0 saturated carbocycles. The molecule has 1 atom stereocenters. The maximum atomic E-state index is 9.56. The Morgan fingerprint density at radius 1 is 1.25 bits per heavy atom. The van der Waals surface area contributed by atoms with Gasteiger partial charge in [0.25, 0.3) is 0 Å². The van der Waals surface area contributed by atoms with E-state index >= 15 is 0 Å². The summed E-state index contributed by atoms with van der Waals surface area (Å²) in [6.45, 7) is 7.49. The fourth-order valence-corrected chi connectivity index (χ4v) is 2.69. The standard InChI is InChI=1S/C16H26N2O2/c1-16(2,3)14-8-12(10-19)9-15(17-14)18-7-5-4-6-13(18)11-20/h8-9,13,19-20H,4-7,10-11H2,1-3H3. The van der Waals surface area contributed by atoms with E-state index in [9.17, 15) is 10.2 Å². The second kappa shape index (κ2) is 6.10. The Hall–Kier alpha value is -1.13. The van der Waals surface area contributed by atoms with Crippen LogP contribution in [0.15, 0.2) is 12.1 Å². The van der Waals surface area contributed by atoms with E-state index in [1.165, 1.54) is 0 Å². The molecule has 0 radical (unpaired) electrons. The van der Waals surface area contributed by atoms with Gasteiger partial charge in [-0.3, -0.25) is 0 Å². The molecule has 0 aromatic carbocycles. The molecular weight excluding hydrogens is 252 g/mol. The van der Waals surface area contributed by atoms with Gasteiger partial charge in [-0.05, 0) is 37.0 Å². The average molecular weight is 278 g/mol. The highest BCUT2D eigenvalue weighted by Crippen LogP contribution is 2.28. The monoisotopic (exact) mass is 278 g/mol. The lowest BCUT2D eigenvalue weighted by atomic mass is 9.90. The molecule has 2 rings (SSSR count). The lowest BCUT2D eigenvalue weighted by Crippen LogP contribution is -2.42. The zero-order valence-electron chi connectivity index (χ0n) is 12.8. The van der Waals surface area contributed by atoms with E-state index in [-0.39, 0.29) is 24.7 Å². The van der Waals surface area contributed by atoms with Crippen molar-refractivity contribution in [3.05, 3.63) is 23.4 Å². The van der Waals surface area contributed by atoms with Crippen LogP contribution in [0.1, 0.15) is 51.3 Å². The van der Waals surface area contributed by atoms with E-state index in [0.717, 1.165) is 42.9 Å². The summed E-state index contributed by atoms with van der Waals surface area (Å²) in [5, 5.41) is 19.0. The quantitative estimate of drug-likeness (QED) is 0.890. The predicted molar refractivity (Wildman–Crippen MR) is 80.9 cm³/mol. The number of piperidine rings is 1. The molecule has 1 aliphatic rings. The molecule has 1 unspecified atom stereocenters. The lowest BCUT2D eigenvalue weighted by molar-refractivity contribution is 0.239. The van der Waals surface area contributed by atoms with Gasteiger partial charge in [0.05, 0.1) is 19.3 Å². The van der Waals surface area contributed by atoms with E-state index in [1.807, 2.05) is 12.1 Å². The van der Waals surface area contributed by atoms with Gasteiger partial charge in [0.1, 0.15) is 5.82 Å². The van der Waals surface area contributed by atoms with Crippen LogP contribution in [0.2, 0.25) is 0 Å². The molecule has 1 aromatic rings. The normalized spacial score (nSPS) is 20.2. The van der Waals surface area contributed by atoms with Crippen molar-refractivity contribution in [2.45, 2.75) is 58.1 Å². The van der Waals surface area contributed by atoms with Gasteiger partial charge in [-0.1, -0.05) is 20.8 Å². The highest BCUT2D eigenvalue weighted by Gasteiger charge is 2.25. The zero-order valence-corrected chi connectivity index (χ0v) is 12.8. The van der Waals surface area contributed by atoms with Crippen LogP contribution in [0, 0.1) is 0 Å². The summed E-state index contributed by atoms with van der Waals surface area (Å²) in [5.41, 5.74) is 1.83. The first kappa shape index (κ1) is 15.3. The van der Waals surface area contributed by atoms with Gasteiger partial charge in [-0.2, -0.15) is 0 Å². The van der Waals surface area contributed by atoms with Crippen LogP contribution < -0.4 is 4.90 Å². The number of hydrogen-bond donors (Lipinski definition) is 2. The molecule has 4 nitrogen and oxygen atoms in total. The summed E-state index contributed by atoms with van der Waals surface area (Å²) in [6.07, 6.45) is 3.30. The van der Waals surface area contributed by atoms with Crippen molar-refractivity contribution in [3.8, 4) is 0 Å². The summed E-state index contributed by atoms with van der Waals surface area (Å²) >= 11 is 0. The fourth-order valence-electron chi connectivity index (χ4n) is 2.69. The maximum Gasteiger partial charge on any atom is 0.129 e. The van der Waals surface area contributed by atoms with Gasteiger partial charge in [0, 0.05) is 17.7 Å². The Morgan fingerprint density at radius 3 is 2.60 bits per heavy atom. The summed E-state index contributed by atoms with van der Waals surface area (Å²) in [4.78, 5) is 6.97. The molecule has 1 aromatic heterocycles. The van der Waals surface area contributed by atoms with Gasteiger partial charge in [-0.15, -0.1) is 0 Å². The molecule has 0 amide bonds.